The number of esters is 2. The second kappa shape index (κ2) is 11.3. The van der Waals surface area contributed by atoms with Crippen LogP contribution in [0.1, 0.15) is 147 Å². The van der Waals surface area contributed by atoms with Crippen molar-refractivity contribution in [3.63, 3.8) is 0 Å². The van der Waals surface area contributed by atoms with Crippen LogP contribution >= 0.6 is 0 Å². The number of rotatable bonds is 12. The van der Waals surface area contributed by atoms with E-state index in [1.807, 2.05) is 0 Å². The number of ether oxygens (including phenoxy) is 2. The molecule has 0 saturated heterocycles. The van der Waals surface area contributed by atoms with E-state index >= 15 is 0 Å². The van der Waals surface area contributed by atoms with Gasteiger partial charge in [0.2, 0.25) is 0 Å². The van der Waals surface area contributed by atoms with Crippen LogP contribution < -0.4 is 9.47 Å². The first-order valence-electron chi connectivity index (χ1n) is 14.9. The molecule has 2 atom stereocenters. The minimum Gasteiger partial charge on any atom is -0.422 e. The SMILES string of the molecule is CCCCCCCCCCCC(=O)Oc1c(C(C)C)cc2c3c1OC(=O)[C@@]31CCCC(C)(C)[C@@H]1CC2. The van der Waals surface area contributed by atoms with E-state index in [2.05, 4.69) is 40.7 Å². The lowest BCUT2D eigenvalue weighted by Gasteiger charge is -2.51. The fourth-order valence-electron chi connectivity index (χ4n) is 7.38. The standard InChI is InChI=1S/C32H48O4/c1-6-7-8-9-10-11-12-13-14-16-26(33)35-28-24(22(2)3)21-23-17-18-25-31(4,5)19-15-20-32(25)27(23)29(28)36-30(32)34/h21-22,25H,6-20H2,1-5H3/t25-,32+/m0/s1. The van der Waals surface area contributed by atoms with E-state index in [1.165, 1.54) is 50.5 Å². The van der Waals surface area contributed by atoms with E-state index in [0.29, 0.717) is 17.9 Å². The maximum Gasteiger partial charge on any atom is 0.322 e. The summed E-state index contributed by atoms with van der Waals surface area (Å²) in [5, 5.41) is 0. The molecule has 36 heavy (non-hydrogen) atoms. The van der Waals surface area contributed by atoms with Gasteiger partial charge in [-0.3, -0.25) is 9.59 Å². The van der Waals surface area contributed by atoms with Crippen LogP contribution in [-0.2, 0) is 21.4 Å². The van der Waals surface area contributed by atoms with Crippen molar-refractivity contribution in [1.82, 2.24) is 0 Å². The van der Waals surface area contributed by atoms with Crippen molar-refractivity contribution in [2.45, 2.75) is 142 Å². The molecule has 1 aromatic carbocycles. The predicted octanol–water partition coefficient (Wildman–Crippen LogP) is 8.57. The molecule has 2 aliphatic carbocycles. The minimum atomic E-state index is -0.571. The topological polar surface area (TPSA) is 52.6 Å². The lowest BCUT2D eigenvalue weighted by atomic mass is 9.50. The van der Waals surface area contributed by atoms with Gasteiger partial charge in [-0.2, -0.15) is 0 Å². The molecule has 1 spiro atoms. The molecular weight excluding hydrogens is 448 g/mol. The molecule has 4 nitrogen and oxygen atoms in total. The summed E-state index contributed by atoms with van der Waals surface area (Å²) < 4.78 is 12.1. The van der Waals surface area contributed by atoms with Crippen LogP contribution in [0.2, 0.25) is 0 Å². The minimum absolute atomic E-state index is 0.0974. The molecule has 4 heteroatoms. The Kier molecular flexibility index (Phi) is 8.52. The smallest absolute Gasteiger partial charge is 0.322 e. The number of carbonyl (C=O) groups excluding carboxylic acids is 2. The van der Waals surface area contributed by atoms with Gasteiger partial charge in [0.1, 0.15) is 5.41 Å². The van der Waals surface area contributed by atoms with Crippen LogP contribution in [0, 0.1) is 11.3 Å². The molecule has 0 unspecified atom stereocenters. The summed E-state index contributed by atoms with van der Waals surface area (Å²) in [4.78, 5) is 26.6. The molecule has 200 valence electrons. The maximum absolute atomic E-state index is 13.6. The Morgan fingerprint density at radius 1 is 1.06 bits per heavy atom. The Hall–Kier alpha value is -1.84. The quantitative estimate of drug-likeness (QED) is 0.165. The summed E-state index contributed by atoms with van der Waals surface area (Å²) in [6, 6.07) is 2.21. The van der Waals surface area contributed by atoms with Gasteiger partial charge in [-0.25, -0.2) is 0 Å². The van der Waals surface area contributed by atoms with Crippen molar-refractivity contribution in [2.24, 2.45) is 11.3 Å². The molecule has 1 aromatic rings. The first kappa shape index (κ1) is 27.2. The normalized spacial score (nSPS) is 23.8. The van der Waals surface area contributed by atoms with Crippen LogP contribution in [0.4, 0.5) is 0 Å². The summed E-state index contributed by atoms with van der Waals surface area (Å²) in [6.45, 7) is 11.1. The van der Waals surface area contributed by atoms with Gasteiger partial charge in [-0.05, 0) is 54.9 Å². The number of carbonyl (C=O) groups is 2. The van der Waals surface area contributed by atoms with Gasteiger partial charge in [-0.1, -0.05) is 98.5 Å². The van der Waals surface area contributed by atoms with Gasteiger partial charge in [0, 0.05) is 17.5 Å². The fraction of sp³-hybridized carbons (Fsp3) is 0.750. The highest BCUT2D eigenvalue weighted by Crippen LogP contribution is 2.64. The average Bonchev–Trinajstić information content (AvgIpc) is 3.12. The van der Waals surface area contributed by atoms with Crippen molar-refractivity contribution in [3.05, 3.63) is 22.8 Å². The first-order chi connectivity index (χ1) is 17.2. The molecule has 0 aromatic heterocycles. The van der Waals surface area contributed by atoms with Crippen molar-refractivity contribution in [3.8, 4) is 11.5 Å². The molecule has 1 fully saturated rings. The van der Waals surface area contributed by atoms with E-state index in [0.717, 1.165) is 56.1 Å². The molecule has 4 rings (SSSR count). The number of benzene rings is 1. The zero-order valence-corrected chi connectivity index (χ0v) is 23.5. The van der Waals surface area contributed by atoms with Gasteiger partial charge < -0.3 is 9.47 Å². The Morgan fingerprint density at radius 3 is 2.39 bits per heavy atom. The average molecular weight is 497 g/mol. The summed E-state index contributed by atoms with van der Waals surface area (Å²) >= 11 is 0. The van der Waals surface area contributed by atoms with Crippen LogP contribution in [0.25, 0.3) is 0 Å². The lowest BCUT2D eigenvalue weighted by Crippen LogP contribution is -2.52. The number of hydrogen-bond acceptors (Lipinski definition) is 4. The van der Waals surface area contributed by atoms with Crippen molar-refractivity contribution in [1.29, 1.82) is 0 Å². The highest BCUT2D eigenvalue weighted by atomic mass is 16.6. The van der Waals surface area contributed by atoms with E-state index in [4.69, 9.17) is 9.47 Å². The molecular formula is C32H48O4. The highest BCUT2D eigenvalue weighted by Gasteiger charge is 2.62. The van der Waals surface area contributed by atoms with Crippen molar-refractivity contribution >= 4 is 11.9 Å². The fourth-order valence-corrected chi connectivity index (χ4v) is 7.38. The number of aryl methyl sites for hydroxylation is 1. The Bertz CT molecular complexity index is 959. The Labute approximate surface area is 218 Å². The highest BCUT2D eigenvalue weighted by molar-refractivity contribution is 5.94. The zero-order chi connectivity index (χ0) is 25.9. The van der Waals surface area contributed by atoms with Crippen LogP contribution in [0.3, 0.4) is 0 Å². The van der Waals surface area contributed by atoms with Gasteiger partial charge in [0.15, 0.2) is 11.5 Å². The van der Waals surface area contributed by atoms with E-state index < -0.39 is 5.41 Å². The first-order valence-corrected chi connectivity index (χ1v) is 14.9. The molecule has 3 aliphatic rings. The second-order valence-corrected chi connectivity index (χ2v) is 12.7. The van der Waals surface area contributed by atoms with Gasteiger partial charge in [0.25, 0.3) is 0 Å². The Balaban J connectivity index is 1.48. The molecule has 1 aliphatic heterocycles. The third-order valence-electron chi connectivity index (χ3n) is 9.31. The molecule has 0 N–H and O–H groups in total. The molecule has 0 bridgehead atoms. The summed E-state index contributed by atoms with van der Waals surface area (Å²) in [6.07, 6.45) is 16.3. The van der Waals surface area contributed by atoms with Gasteiger partial charge >= 0.3 is 11.9 Å². The third-order valence-corrected chi connectivity index (χ3v) is 9.31. The van der Waals surface area contributed by atoms with Crippen LogP contribution in [0.15, 0.2) is 6.07 Å². The zero-order valence-electron chi connectivity index (χ0n) is 23.5. The third kappa shape index (κ3) is 5.11. The van der Waals surface area contributed by atoms with Crippen molar-refractivity contribution < 1.29 is 19.1 Å². The van der Waals surface area contributed by atoms with E-state index in [1.54, 1.807) is 0 Å². The second-order valence-electron chi connectivity index (χ2n) is 12.7. The lowest BCUT2D eigenvalue weighted by molar-refractivity contribution is -0.146. The molecule has 0 radical (unpaired) electrons. The molecule has 1 heterocycles. The number of hydrogen-bond donors (Lipinski definition) is 0. The monoisotopic (exact) mass is 496 g/mol. The number of unbranched alkanes of at least 4 members (excludes halogenated alkanes) is 8. The summed E-state index contributed by atoms with van der Waals surface area (Å²) in [5.74, 6) is 1.20. The van der Waals surface area contributed by atoms with Crippen LogP contribution in [-0.4, -0.2) is 11.9 Å². The molecule has 1 saturated carbocycles. The van der Waals surface area contributed by atoms with E-state index in [-0.39, 0.29) is 29.2 Å². The van der Waals surface area contributed by atoms with E-state index in [9.17, 15) is 9.59 Å². The largest absolute Gasteiger partial charge is 0.422 e. The molecule has 0 amide bonds. The van der Waals surface area contributed by atoms with Crippen LogP contribution in [0.5, 0.6) is 11.5 Å². The summed E-state index contributed by atoms with van der Waals surface area (Å²) in [5.41, 5.74) is 2.79. The van der Waals surface area contributed by atoms with Gasteiger partial charge in [-0.15, -0.1) is 0 Å². The predicted molar refractivity (Wildman–Crippen MR) is 145 cm³/mol. The Morgan fingerprint density at radius 2 is 1.72 bits per heavy atom. The van der Waals surface area contributed by atoms with Crippen molar-refractivity contribution in [2.75, 3.05) is 0 Å². The summed E-state index contributed by atoms with van der Waals surface area (Å²) in [7, 11) is 0. The van der Waals surface area contributed by atoms with Gasteiger partial charge in [0.05, 0.1) is 0 Å². The maximum atomic E-state index is 13.6.